The maximum absolute atomic E-state index is 11.6. The quantitative estimate of drug-likeness (QED) is 0.921. The summed E-state index contributed by atoms with van der Waals surface area (Å²) in [6.07, 6.45) is 7.02. The van der Waals surface area contributed by atoms with Crippen LogP contribution in [-0.4, -0.2) is 51.9 Å². The monoisotopic (exact) mass is 313 g/mol. The molecule has 0 spiro atoms. The highest BCUT2D eigenvalue weighted by atomic mass is 16.2. The van der Waals surface area contributed by atoms with Gasteiger partial charge in [0.15, 0.2) is 0 Å². The van der Waals surface area contributed by atoms with Gasteiger partial charge in [-0.3, -0.25) is 4.79 Å². The second-order valence-electron chi connectivity index (χ2n) is 6.95. The number of aromatic nitrogens is 3. The number of carbonyl (C=O) groups is 1. The number of nitrogens with one attached hydrogen (secondary N) is 1. The van der Waals surface area contributed by atoms with Gasteiger partial charge in [0, 0.05) is 39.3 Å². The molecule has 6 nitrogen and oxygen atoms in total. The van der Waals surface area contributed by atoms with Crippen molar-refractivity contribution >= 4 is 22.8 Å². The van der Waals surface area contributed by atoms with Crippen molar-refractivity contribution in [2.75, 3.05) is 25.0 Å². The van der Waals surface area contributed by atoms with Crippen molar-refractivity contribution in [1.82, 2.24) is 19.9 Å². The maximum atomic E-state index is 11.6. The first kappa shape index (κ1) is 14.5. The third-order valence-corrected chi connectivity index (χ3v) is 5.70. The molecule has 1 aliphatic heterocycles. The Balaban J connectivity index is 1.53. The molecule has 3 atom stereocenters. The Morgan fingerprint density at radius 1 is 1.35 bits per heavy atom. The van der Waals surface area contributed by atoms with E-state index < -0.39 is 0 Å². The molecule has 6 heteroatoms. The van der Waals surface area contributed by atoms with Crippen LogP contribution in [0, 0.1) is 11.8 Å². The highest BCUT2D eigenvalue weighted by molar-refractivity contribution is 5.87. The molecule has 1 saturated heterocycles. The van der Waals surface area contributed by atoms with Gasteiger partial charge in [-0.25, -0.2) is 9.97 Å². The molecule has 2 fully saturated rings. The Kier molecular flexibility index (Phi) is 3.47. The van der Waals surface area contributed by atoms with Gasteiger partial charge in [-0.15, -0.1) is 0 Å². The molecule has 1 saturated carbocycles. The minimum Gasteiger partial charge on any atom is -0.356 e. The summed E-state index contributed by atoms with van der Waals surface area (Å²) in [5.41, 5.74) is 0.889. The molecule has 3 unspecified atom stereocenters. The van der Waals surface area contributed by atoms with Crippen LogP contribution in [0.1, 0.15) is 26.2 Å². The number of anilines is 1. The molecule has 4 rings (SSSR count). The smallest absolute Gasteiger partial charge is 0.219 e. The van der Waals surface area contributed by atoms with Gasteiger partial charge in [0.25, 0.3) is 0 Å². The molecular weight excluding hydrogens is 290 g/mol. The fourth-order valence-corrected chi connectivity index (χ4v) is 4.37. The van der Waals surface area contributed by atoms with Crippen molar-refractivity contribution in [2.45, 2.75) is 32.2 Å². The third kappa shape index (κ3) is 2.46. The molecule has 2 aliphatic rings. The molecular formula is C17H23N5O. The number of hydrogen-bond donors (Lipinski definition) is 1. The van der Waals surface area contributed by atoms with E-state index in [2.05, 4.69) is 26.9 Å². The second-order valence-corrected chi connectivity index (χ2v) is 6.95. The zero-order chi connectivity index (χ0) is 16.0. The first-order chi connectivity index (χ1) is 11.1. The van der Waals surface area contributed by atoms with Crippen LogP contribution in [0.25, 0.3) is 11.0 Å². The fraction of sp³-hybridized carbons (Fsp3) is 0.588. The minimum atomic E-state index is 0.213. The summed E-state index contributed by atoms with van der Waals surface area (Å²) in [6.45, 7) is 3.53. The second kappa shape index (κ2) is 5.51. The van der Waals surface area contributed by atoms with Crippen molar-refractivity contribution in [1.29, 1.82) is 0 Å². The van der Waals surface area contributed by atoms with Gasteiger partial charge in [-0.1, -0.05) is 0 Å². The number of likely N-dealkylation sites (tertiary alicyclic amines) is 1. The molecule has 2 aromatic rings. The van der Waals surface area contributed by atoms with Crippen molar-refractivity contribution in [3.05, 3.63) is 18.6 Å². The Morgan fingerprint density at radius 2 is 2.17 bits per heavy atom. The topological polar surface area (TPSA) is 65.1 Å². The zero-order valence-electron chi connectivity index (χ0n) is 13.7. The number of H-pyrrole nitrogens is 1. The summed E-state index contributed by atoms with van der Waals surface area (Å²) < 4.78 is 0. The van der Waals surface area contributed by atoms with Crippen molar-refractivity contribution < 1.29 is 4.79 Å². The molecule has 0 radical (unpaired) electrons. The normalized spacial score (nSPS) is 27.2. The molecule has 0 bridgehead atoms. The van der Waals surface area contributed by atoms with Crippen LogP contribution in [0.4, 0.5) is 5.82 Å². The Hall–Kier alpha value is -2.11. The predicted octanol–water partition coefficient (Wildman–Crippen LogP) is 2.04. The first-order valence-electron chi connectivity index (χ1n) is 8.40. The lowest BCUT2D eigenvalue weighted by molar-refractivity contribution is -0.131. The number of carbonyl (C=O) groups excluding carboxylic acids is 1. The molecule has 1 amide bonds. The molecule has 23 heavy (non-hydrogen) atoms. The van der Waals surface area contributed by atoms with Crippen molar-refractivity contribution in [2.24, 2.45) is 11.8 Å². The number of nitrogens with zero attached hydrogens (tertiary/aromatic N) is 4. The summed E-state index contributed by atoms with van der Waals surface area (Å²) in [5.74, 6) is 2.58. The van der Waals surface area contributed by atoms with Gasteiger partial charge in [0.2, 0.25) is 5.91 Å². The van der Waals surface area contributed by atoms with E-state index in [1.165, 1.54) is 6.42 Å². The lowest BCUT2D eigenvalue weighted by Crippen LogP contribution is -2.41. The number of rotatable bonds is 2. The van der Waals surface area contributed by atoms with Crippen LogP contribution in [-0.2, 0) is 4.79 Å². The summed E-state index contributed by atoms with van der Waals surface area (Å²) in [5, 5.41) is 1.08. The van der Waals surface area contributed by atoms with Gasteiger partial charge in [0.1, 0.15) is 17.8 Å². The first-order valence-corrected chi connectivity index (χ1v) is 8.40. The summed E-state index contributed by atoms with van der Waals surface area (Å²) in [4.78, 5) is 27.9. The van der Waals surface area contributed by atoms with Gasteiger partial charge in [-0.05, 0) is 37.2 Å². The van der Waals surface area contributed by atoms with Gasteiger partial charge in [-0.2, -0.15) is 0 Å². The number of amides is 1. The number of hydrogen-bond acceptors (Lipinski definition) is 4. The predicted molar refractivity (Wildman–Crippen MR) is 89.2 cm³/mol. The van der Waals surface area contributed by atoms with E-state index in [1.807, 2.05) is 17.2 Å². The highest BCUT2D eigenvalue weighted by Gasteiger charge is 2.40. The zero-order valence-corrected chi connectivity index (χ0v) is 13.7. The average Bonchev–Trinajstić information content (AvgIpc) is 3.19. The molecule has 3 heterocycles. The van der Waals surface area contributed by atoms with E-state index in [-0.39, 0.29) is 5.91 Å². The van der Waals surface area contributed by atoms with E-state index in [0.717, 1.165) is 48.7 Å². The molecule has 0 aromatic carbocycles. The summed E-state index contributed by atoms with van der Waals surface area (Å²) >= 11 is 0. The largest absolute Gasteiger partial charge is 0.356 e. The van der Waals surface area contributed by atoms with Gasteiger partial charge in [0.05, 0.1) is 5.39 Å². The van der Waals surface area contributed by atoms with E-state index in [9.17, 15) is 4.79 Å². The van der Waals surface area contributed by atoms with Crippen LogP contribution in [0.3, 0.4) is 0 Å². The Morgan fingerprint density at radius 3 is 3.00 bits per heavy atom. The number of piperidine rings is 1. The van der Waals surface area contributed by atoms with E-state index in [4.69, 9.17) is 0 Å². The molecule has 1 aliphatic carbocycles. The van der Waals surface area contributed by atoms with E-state index in [0.29, 0.717) is 12.0 Å². The molecule has 1 N–H and O–H groups in total. The Labute approximate surface area is 135 Å². The van der Waals surface area contributed by atoms with Gasteiger partial charge >= 0.3 is 0 Å². The van der Waals surface area contributed by atoms with Crippen molar-refractivity contribution in [3.8, 4) is 0 Å². The molecule has 122 valence electrons. The lowest BCUT2D eigenvalue weighted by atomic mass is 9.89. The summed E-state index contributed by atoms with van der Waals surface area (Å²) in [7, 11) is 2.14. The Bertz CT molecular complexity index is 727. The molecule has 2 aromatic heterocycles. The van der Waals surface area contributed by atoms with Crippen LogP contribution in [0.15, 0.2) is 18.6 Å². The standard InChI is InChI=1S/C17H23N5O/c1-11(23)22-6-4-12-7-14(8-13(12)9-22)21(2)17-15-3-5-18-16(15)19-10-20-17/h3,5,10,12-14H,4,6-9H2,1-2H3,(H,18,19,20). The third-order valence-electron chi connectivity index (χ3n) is 5.70. The van der Waals surface area contributed by atoms with E-state index in [1.54, 1.807) is 13.3 Å². The number of fused-ring (bicyclic) bond motifs is 2. The van der Waals surface area contributed by atoms with Crippen LogP contribution >= 0.6 is 0 Å². The highest BCUT2D eigenvalue weighted by Crippen LogP contribution is 2.41. The summed E-state index contributed by atoms with van der Waals surface area (Å²) in [6, 6.07) is 2.53. The lowest BCUT2D eigenvalue weighted by Gasteiger charge is -2.34. The maximum Gasteiger partial charge on any atom is 0.219 e. The average molecular weight is 313 g/mol. The van der Waals surface area contributed by atoms with E-state index >= 15 is 0 Å². The van der Waals surface area contributed by atoms with Gasteiger partial charge < -0.3 is 14.8 Å². The van der Waals surface area contributed by atoms with Crippen LogP contribution in [0.5, 0.6) is 0 Å². The SMILES string of the molecule is CC(=O)N1CCC2CC(N(C)c3ncnc4[nH]ccc34)CC2C1. The van der Waals surface area contributed by atoms with Crippen LogP contribution < -0.4 is 4.90 Å². The van der Waals surface area contributed by atoms with Crippen LogP contribution in [0.2, 0.25) is 0 Å². The number of aromatic amines is 1. The van der Waals surface area contributed by atoms with Crippen molar-refractivity contribution in [3.63, 3.8) is 0 Å². The fourth-order valence-electron chi connectivity index (χ4n) is 4.37. The minimum absolute atomic E-state index is 0.213.